The third kappa shape index (κ3) is 5.35. The maximum absolute atomic E-state index is 12.9. The Morgan fingerprint density at radius 3 is 2.67 bits per heavy atom. The van der Waals surface area contributed by atoms with Crippen LogP contribution >= 0.6 is 0 Å². The van der Waals surface area contributed by atoms with Gasteiger partial charge in [-0.3, -0.25) is 4.79 Å². The molecule has 9 heteroatoms. The zero-order chi connectivity index (χ0) is 23.6. The second-order valence-electron chi connectivity index (χ2n) is 8.22. The molecule has 33 heavy (non-hydrogen) atoms. The zero-order valence-corrected chi connectivity index (χ0v) is 18.3. The van der Waals surface area contributed by atoms with E-state index in [0.29, 0.717) is 49.0 Å². The minimum atomic E-state index is -4.47. The molecule has 4 rings (SSSR count). The summed E-state index contributed by atoms with van der Waals surface area (Å²) < 4.78 is 50.0. The number of hydrogen-bond acceptors (Lipinski definition) is 6. The third-order valence-corrected chi connectivity index (χ3v) is 5.74. The van der Waals surface area contributed by atoms with E-state index in [-0.39, 0.29) is 17.8 Å². The van der Waals surface area contributed by atoms with Gasteiger partial charge in [0.2, 0.25) is 5.78 Å². The van der Waals surface area contributed by atoms with E-state index in [9.17, 15) is 18.0 Å². The minimum Gasteiger partial charge on any atom is -0.489 e. The summed E-state index contributed by atoms with van der Waals surface area (Å²) in [5.74, 6) is 1.17. The number of oxazole rings is 1. The van der Waals surface area contributed by atoms with Crippen molar-refractivity contribution >= 4 is 11.6 Å². The number of Topliss-reactive ketones (excluding diaryl/α,β-unsaturated/α-hetero) is 1. The number of nitrogens with zero attached hydrogens (tertiary/aromatic N) is 3. The molecule has 0 amide bonds. The lowest BCUT2D eigenvalue weighted by Crippen LogP contribution is -2.25. The lowest BCUT2D eigenvalue weighted by atomic mass is 9.94. The van der Waals surface area contributed by atoms with E-state index < -0.39 is 11.9 Å². The van der Waals surface area contributed by atoms with Crippen LogP contribution in [0.5, 0.6) is 5.75 Å². The maximum atomic E-state index is 12.9. The lowest BCUT2D eigenvalue weighted by molar-refractivity contribution is -0.141. The molecule has 0 aliphatic carbocycles. The van der Waals surface area contributed by atoms with E-state index in [1.54, 1.807) is 17.9 Å². The van der Waals surface area contributed by atoms with Crippen molar-refractivity contribution in [2.45, 2.75) is 44.9 Å². The molecule has 3 aromatic rings. The van der Waals surface area contributed by atoms with Gasteiger partial charge >= 0.3 is 6.18 Å². The molecule has 0 radical (unpaired) electrons. The largest absolute Gasteiger partial charge is 0.489 e. The van der Waals surface area contributed by atoms with E-state index in [4.69, 9.17) is 9.15 Å². The monoisotopic (exact) mass is 459 g/mol. The van der Waals surface area contributed by atoms with Gasteiger partial charge < -0.3 is 14.1 Å². The zero-order valence-electron chi connectivity index (χ0n) is 18.3. The number of rotatable bonds is 7. The van der Waals surface area contributed by atoms with Crippen molar-refractivity contribution in [1.29, 1.82) is 0 Å². The molecule has 1 fully saturated rings. The molecule has 0 spiro atoms. The molecular weight excluding hydrogens is 435 g/mol. The fourth-order valence-electron chi connectivity index (χ4n) is 3.92. The van der Waals surface area contributed by atoms with Crippen LogP contribution in [0.3, 0.4) is 0 Å². The highest BCUT2D eigenvalue weighted by Gasteiger charge is 2.33. The van der Waals surface area contributed by atoms with Gasteiger partial charge in [-0.15, -0.1) is 0 Å². The molecule has 1 aliphatic heterocycles. The number of anilines is 1. The van der Waals surface area contributed by atoms with Crippen LogP contribution in [-0.4, -0.2) is 34.9 Å². The molecule has 1 saturated heterocycles. The number of hydrogen-bond donors (Lipinski definition) is 0. The Balaban J connectivity index is 1.33. The van der Waals surface area contributed by atoms with Crippen LogP contribution in [-0.2, 0) is 6.18 Å². The fraction of sp³-hybridized carbons (Fsp3) is 0.375. The number of benzene rings is 1. The van der Waals surface area contributed by atoms with Crippen molar-refractivity contribution < 1.29 is 27.1 Å². The first-order valence-electron chi connectivity index (χ1n) is 10.7. The number of carbonyl (C=O) groups is 1. The molecule has 0 saturated carbocycles. The second-order valence-corrected chi connectivity index (χ2v) is 8.22. The van der Waals surface area contributed by atoms with Crippen LogP contribution in [0.15, 0.2) is 53.3 Å². The quantitative estimate of drug-likeness (QED) is 0.439. The highest BCUT2D eigenvalue weighted by atomic mass is 19.4. The SMILES string of the molecule is Cc1ncoc1C(=O)C[C@@H](C)c1ccc(OC2CCN(c3cccc(C(F)(F)F)n3)C2)cc1. The Morgan fingerprint density at radius 2 is 2.00 bits per heavy atom. The fourth-order valence-corrected chi connectivity index (χ4v) is 3.92. The smallest absolute Gasteiger partial charge is 0.433 e. The molecule has 0 N–H and O–H groups in total. The van der Waals surface area contributed by atoms with Gasteiger partial charge in [0.05, 0.1) is 12.2 Å². The van der Waals surface area contributed by atoms with Gasteiger partial charge in [0.1, 0.15) is 23.4 Å². The van der Waals surface area contributed by atoms with Gasteiger partial charge in [0.25, 0.3) is 0 Å². The standard InChI is InChI=1S/C24H24F3N3O3/c1-15(12-20(31)23-16(2)28-14-32-23)17-6-8-18(9-7-17)33-19-10-11-30(13-19)22-5-3-4-21(29-22)24(25,26)27/h3-9,14-15,19H,10-13H2,1-2H3/t15-,19?/m1/s1. The number of pyridine rings is 1. The van der Waals surface area contributed by atoms with E-state index in [2.05, 4.69) is 9.97 Å². The first-order chi connectivity index (χ1) is 15.7. The van der Waals surface area contributed by atoms with Crippen molar-refractivity contribution in [2.75, 3.05) is 18.0 Å². The number of carbonyl (C=O) groups excluding carboxylic acids is 1. The molecule has 174 valence electrons. The molecule has 1 aliphatic rings. The Hall–Kier alpha value is -3.36. The van der Waals surface area contributed by atoms with Crippen molar-refractivity contribution in [2.24, 2.45) is 0 Å². The van der Waals surface area contributed by atoms with Crippen LogP contribution in [0.2, 0.25) is 0 Å². The second kappa shape index (κ2) is 9.25. The van der Waals surface area contributed by atoms with E-state index in [0.717, 1.165) is 11.6 Å². The first kappa shape index (κ1) is 22.8. The van der Waals surface area contributed by atoms with Crippen LogP contribution in [0.4, 0.5) is 19.0 Å². The number of aryl methyl sites for hydroxylation is 1. The van der Waals surface area contributed by atoms with Gasteiger partial charge in [0.15, 0.2) is 12.2 Å². The molecule has 6 nitrogen and oxygen atoms in total. The summed E-state index contributed by atoms with van der Waals surface area (Å²) in [6, 6.07) is 11.4. The third-order valence-electron chi connectivity index (χ3n) is 5.74. The molecular formula is C24H24F3N3O3. The summed E-state index contributed by atoms with van der Waals surface area (Å²) in [5.41, 5.74) is 0.682. The maximum Gasteiger partial charge on any atom is 0.433 e. The Kier molecular flexibility index (Phi) is 6.40. The number of halogens is 3. The predicted molar refractivity (Wildman–Crippen MR) is 116 cm³/mol. The average Bonchev–Trinajstić information content (AvgIpc) is 3.43. The van der Waals surface area contributed by atoms with Gasteiger partial charge in [-0.1, -0.05) is 25.1 Å². The molecule has 1 aromatic carbocycles. The van der Waals surface area contributed by atoms with Crippen LogP contribution < -0.4 is 9.64 Å². The van der Waals surface area contributed by atoms with Crippen molar-refractivity contribution in [3.8, 4) is 5.75 Å². The lowest BCUT2D eigenvalue weighted by Gasteiger charge is -2.19. The first-order valence-corrected chi connectivity index (χ1v) is 10.7. The van der Waals surface area contributed by atoms with Crippen LogP contribution in [0, 0.1) is 6.92 Å². The Morgan fingerprint density at radius 1 is 1.24 bits per heavy atom. The normalized spacial score (nSPS) is 17.2. The Bertz CT molecular complexity index is 1110. The summed E-state index contributed by atoms with van der Waals surface area (Å²) in [4.78, 5) is 21.9. The molecule has 2 aromatic heterocycles. The van der Waals surface area contributed by atoms with Crippen molar-refractivity contribution in [3.63, 3.8) is 0 Å². The molecule has 3 heterocycles. The number of ketones is 1. The highest BCUT2D eigenvalue weighted by molar-refractivity contribution is 5.94. The Labute approximate surface area is 189 Å². The van der Waals surface area contributed by atoms with Gasteiger partial charge in [-0.05, 0) is 42.7 Å². The van der Waals surface area contributed by atoms with Crippen molar-refractivity contribution in [1.82, 2.24) is 9.97 Å². The van der Waals surface area contributed by atoms with Gasteiger partial charge in [-0.25, -0.2) is 9.97 Å². The van der Waals surface area contributed by atoms with Gasteiger partial charge in [-0.2, -0.15) is 13.2 Å². The molecule has 1 unspecified atom stereocenters. The van der Waals surface area contributed by atoms with Crippen molar-refractivity contribution in [3.05, 3.63) is 71.6 Å². The van der Waals surface area contributed by atoms with Crippen LogP contribution in [0.25, 0.3) is 0 Å². The summed E-state index contributed by atoms with van der Waals surface area (Å²) >= 11 is 0. The number of aromatic nitrogens is 2. The van der Waals surface area contributed by atoms with Crippen LogP contribution in [0.1, 0.15) is 53.2 Å². The summed E-state index contributed by atoms with van der Waals surface area (Å²) in [7, 11) is 0. The average molecular weight is 459 g/mol. The minimum absolute atomic E-state index is 0.00925. The molecule has 0 bridgehead atoms. The summed E-state index contributed by atoms with van der Waals surface area (Å²) in [6.45, 7) is 4.73. The highest BCUT2D eigenvalue weighted by Crippen LogP contribution is 2.30. The van der Waals surface area contributed by atoms with E-state index in [1.807, 2.05) is 31.2 Å². The summed E-state index contributed by atoms with van der Waals surface area (Å²) in [6.07, 6.45) is -2.37. The van der Waals surface area contributed by atoms with Gasteiger partial charge in [0, 0.05) is 19.4 Å². The summed E-state index contributed by atoms with van der Waals surface area (Å²) in [5, 5.41) is 0. The number of ether oxygens (including phenoxy) is 1. The topological polar surface area (TPSA) is 68.5 Å². The molecule has 2 atom stereocenters. The van der Waals surface area contributed by atoms with E-state index >= 15 is 0 Å². The number of alkyl halides is 3. The predicted octanol–water partition coefficient (Wildman–Crippen LogP) is 5.43. The van der Waals surface area contributed by atoms with E-state index in [1.165, 1.54) is 12.5 Å².